The third kappa shape index (κ3) is 3.23. The van der Waals surface area contributed by atoms with Crippen LogP contribution in [0, 0.1) is 0 Å². The number of hydrogen-bond donors (Lipinski definition) is 0. The monoisotopic (exact) mass is 389 g/mol. The van der Waals surface area contributed by atoms with Crippen LogP contribution >= 0.6 is 0 Å². The summed E-state index contributed by atoms with van der Waals surface area (Å²) in [5.74, 6) is -0.411. The standard InChI is InChI=1S/C24H23NO4/c1-5-28-22(26)18-14-20-21(16-11-7-6-10-15(16)18)17-12-8-9-13-19(17)25(20)23(27)29-24(2,3)4/h6-14H,5H2,1-4H3. The number of carbonyl (C=O) groups excluding carboxylic acids is 2. The summed E-state index contributed by atoms with van der Waals surface area (Å²) in [6.45, 7) is 7.55. The first-order valence-electron chi connectivity index (χ1n) is 9.67. The van der Waals surface area contributed by atoms with Gasteiger partial charge in [0.15, 0.2) is 0 Å². The lowest BCUT2D eigenvalue weighted by molar-refractivity contribution is 0.0522. The molecule has 0 aliphatic rings. The number of esters is 1. The normalized spacial score (nSPS) is 11.9. The van der Waals surface area contributed by atoms with E-state index in [0.29, 0.717) is 11.1 Å². The lowest BCUT2D eigenvalue weighted by atomic mass is 9.99. The zero-order chi connectivity index (χ0) is 20.8. The van der Waals surface area contributed by atoms with Gasteiger partial charge in [-0.15, -0.1) is 0 Å². The van der Waals surface area contributed by atoms with Gasteiger partial charge < -0.3 is 9.47 Å². The molecule has 0 amide bonds. The summed E-state index contributed by atoms with van der Waals surface area (Å²) >= 11 is 0. The van der Waals surface area contributed by atoms with Crippen molar-refractivity contribution >= 4 is 44.6 Å². The van der Waals surface area contributed by atoms with Crippen molar-refractivity contribution in [2.45, 2.75) is 33.3 Å². The molecule has 0 N–H and O–H groups in total. The predicted molar refractivity (Wildman–Crippen MR) is 115 cm³/mol. The van der Waals surface area contributed by atoms with Crippen molar-refractivity contribution < 1.29 is 19.1 Å². The van der Waals surface area contributed by atoms with E-state index in [1.54, 1.807) is 17.6 Å². The van der Waals surface area contributed by atoms with Gasteiger partial charge in [0.05, 0.1) is 23.2 Å². The van der Waals surface area contributed by atoms with Crippen LogP contribution in [0.1, 0.15) is 38.1 Å². The van der Waals surface area contributed by atoms with Crippen molar-refractivity contribution in [3.63, 3.8) is 0 Å². The van der Waals surface area contributed by atoms with Gasteiger partial charge in [-0.2, -0.15) is 0 Å². The SMILES string of the molecule is CCOC(=O)c1cc2c(c3ccccc13)c1ccccc1n2C(=O)OC(C)(C)C. The van der Waals surface area contributed by atoms with Crippen LogP contribution in [0.2, 0.25) is 0 Å². The third-order valence-electron chi connectivity index (χ3n) is 4.75. The molecule has 0 atom stereocenters. The maximum atomic E-state index is 13.1. The second-order valence-electron chi connectivity index (χ2n) is 7.92. The zero-order valence-corrected chi connectivity index (χ0v) is 17.0. The van der Waals surface area contributed by atoms with E-state index in [1.807, 2.05) is 69.3 Å². The van der Waals surface area contributed by atoms with Gasteiger partial charge in [-0.25, -0.2) is 14.2 Å². The van der Waals surface area contributed by atoms with Crippen LogP contribution in [0.5, 0.6) is 0 Å². The van der Waals surface area contributed by atoms with E-state index < -0.39 is 17.7 Å². The lowest BCUT2D eigenvalue weighted by Gasteiger charge is -2.20. The van der Waals surface area contributed by atoms with Crippen molar-refractivity contribution in [2.75, 3.05) is 6.61 Å². The highest BCUT2D eigenvalue weighted by molar-refractivity contribution is 6.26. The van der Waals surface area contributed by atoms with Gasteiger partial charge in [-0.3, -0.25) is 0 Å². The smallest absolute Gasteiger partial charge is 0.419 e. The fraction of sp³-hybridized carbons (Fsp3) is 0.250. The van der Waals surface area contributed by atoms with E-state index in [9.17, 15) is 9.59 Å². The Balaban J connectivity index is 2.14. The molecule has 5 heteroatoms. The van der Waals surface area contributed by atoms with Crippen LogP contribution in [-0.2, 0) is 9.47 Å². The number of nitrogens with zero attached hydrogens (tertiary/aromatic N) is 1. The first-order valence-corrected chi connectivity index (χ1v) is 9.67. The summed E-state index contributed by atoms with van der Waals surface area (Å²) in [5.41, 5.74) is 1.16. The Kier molecular flexibility index (Phi) is 4.53. The molecule has 0 aliphatic carbocycles. The summed E-state index contributed by atoms with van der Waals surface area (Å²) < 4.78 is 12.5. The Bertz CT molecular complexity index is 1260. The minimum atomic E-state index is -0.643. The molecule has 0 unspecified atom stereocenters. The number of benzene rings is 3. The summed E-state index contributed by atoms with van der Waals surface area (Å²) in [6, 6.07) is 17.1. The molecule has 0 saturated carbocycles. The van der Waals surface area contributed by atoms with E-state index in [2.05, 4.69) is 0 Å². The highest BCUT2D eigenvalue weighted by Gasteiger charge is 2.25. The minimum Gasteiger partial charge on any atom is -0.462 e. The summed E-state index contributed by atoms with van der Waals surface area (Å²) in [6.07, 6.45) is -0.478. The number of hydrogen-bond acceptors (Lipinski definition) is 4. The molecule has 0 spiro atoms. The zero-order valence-electron chi connectivity index (χ0n) is 17.0. The molecule has 148 valence electrons. The van der Waals surface area contributed by atoms with Crippen molar-refractivity contribution in [3.05, 3.63) is 60.2 Å². The number of rotatable bonds is 2. The van der Waals surface area contributed by atoms with E-state index in [4.69, 9.17) is 9.47 Å². The maximum Gasteiger partial charge on any atom is 0.419 e. The van der Waals surface area contributed by atoms with E-state index in [0.717, 1.165) is 27.1 Å². The molecule has 3 aromatic carbocycles. The molecule has 0 fully saturated rings. The minimum absolute atomic E-state index is 0.278. The van der Waals surface area contributed by atoms with Crippen LogP contribution in [0.3, 0.4) is 0 Å². The molecule has 5 nitrogen and oxygen atoms in total. The highest BCUT2D eigenvalue weighted by atomic mass is 16.6. The van der Waals surface area contributed by atoms with Crippen LogP contribution in [0.4, 0.5) is 4.79 Å². The highest BCUT2D eigenvalue weighted by Crippen LogP contribution is 2.37. The molecular formula is C24H23NO4. The van der Waals surface area contributed by atoms with Gasteiger partial charge in [0.25, 0.3) is 0 Å². The largest absolute Gasteiger partial charge is 0.462 e. The number of carbonyl (C=O) groups is 2. The Morgan fingerprint density at radius 1 is 0.897 bits per heavy atom. The summed E-state index contributed by atoms with van der Waals surface area (Å²) in [5, 5.41) is 3.53. The second-order valence-corrected chi connectivity index (χ2v) is 7.92. The Morgan fingerprint density at radius 2 is 1.52 bits per heavy atom. The number of ether oxygens (including phenoxy) is 2. The molecule has 4 aromatic rings. The predicted octanol–water partition coefficient (Wildman–Crippen LogP) is 5.91. The van der Waals surface area contributed by atoms with Crippen LogP contribution in [0.15, 0.2) is 54.6 Å². The molecular weight excluding hydrogens is 366 g/mol. The van der Waals surface area contributed by atoms with Gasteiger partial charge in [0.1, 0.15) is 5.60 Å². The maximum absolute atomic E-state index is 13.1. The third-order valence-corrected chi connectivity index (χ3v) is 4.75. The molecule has 1 heterocycles. The van der Waals surface area contributed by atoms with Gasteiger partial charge >= 0.3 is 12.1 Å². The Labute approximate surface area is 168 Å². The van der Waals surface area contributed by atoms with Crippen LogP contribution in [-0.4, -0.2) is 28.8 Å². The molecule has 4 rings (SSSR count). The molecule has 0 saturated heterocycles. The first-order chi connectivity index (χ1) is 13.8. The van der Waals surface area contributed by atoms with Crippen molar-refractivity contribution in [2.24, 2.45) is 0 Å². The number of aromatic nitrogens is 1. The quantitative estimate of drug-likeness (QED) is 0.400. The van der Waals surface area contributed by atoms with Crippen LogP contribution < -0.4 is 0 Å². The average Bonchev–Trinajstić information content (AvgIpc) is 3.00. The fourth-order valence-electron chi connectivity index (χ4n) is 3.71. The second kappa shape index (κ2) is 6.92. The van der Waals surface area contributed by atoms with Gasteiger partial charge in [0.2, 0.25) is 0 Å². The van der Waals surface area contributed by atoms with E-state index in [-0.39, 0.29) is 6.61 Å². The Hall–Kier alpha value is -3.34. The van der Waals surface area contributed by atoms with Crippen LogP contribution in [0.25, 0.3) is 32.6 Å². The number of fused-ring (bicyclic) bond motifs is 5. The molecule has 0 bridgehead atoms. The van der Waals surface area contributed by atoms with Crippen molar-refractivity contribution in [1.82, 2.24) is 4.57 Å². The summed E-state index contributed by atoms with van der Waals surface area (Å²) in [7, 11) is 0. The molecule has 29 heavy (non-hydrogen) atoms. The molecule has 0 radical (unpaired) electrons. The average molecular weight is 389 g/mol. The first kappa shape index (κ1) is 19.0. The van der Waals surface area contributed by atoms with Gasteiger partial charge in [0, 0.05) is 10.8 Å². The summed E-state index contributed by atoms with van der Waals surface area (Å²) in [4.78, 5) is 25.8. The lowest BCUT2D eigenvalue weighted by Crippen LogP contribution is -2.27. The number of para-hydroxylation sites is 1. The van der Waals surface area contributed by atoms with E-state index >= 15 is 0 Å². The van der Waals surface area contributed by atoms with Gasteiger partial charge in [-0.1, -0.05) is 42.5 Å². The van der Waals surface area contributed by atoms with Gasteiger partial charge in [-0.05, 0) is 50.6 Å². The van der Waals surface area contributed by atoms with Crippen molar-refractivity contribution in [1.29, 1.82) is 0 Å². The fourth-order valence-corrected chi connectivity index (χ4v) is 3.71. The molecule has 1 aromatic heterocycles. The Morgan fingerprint density at radius 3 is 2.17 bits per heavy atom. The van der Waals surface area contributed by atoms with Crippen molar-refractivity contribution in [3.8, 4) is 0 Å². The topological polar surface area (TPSA) is 57.5 Å². The molecule has 0 aliphatic heterocycles. The van der Waals surface area contributed by atoms with E-state index in [1.165, 1.54) is 0 Å².